The molecule has 1 saturated heterocycles. The van der Waals surface area contributed by atoms with Gasteiger partial charge in [0.2, 0.25) is 5.60 Å². The lowest BCUT2D eigenvalue weighted by Gasteiger charge is -2.49. The van der Waals surface area contributed by atoms with Gasteiger partial charge >= 0.3 is 5.97 Å². The van der Waals surface area contributed by atoms with Crippen LogP contribution in [0.15, 0.2) is 66.8 Å². The Bertz CT molecular complexity index is 1050. The summed E-state index contributed by atoms with van der Waals surface area (Å²) in [6.07, 6.45) is 7.25. The van der Waals surface area contributed by atoms with E-state index < -0.39 is 41.2 Å². The molecule has 1 spiro atoms. The number of hydrogen-bond donors (Lipinski definition) is 4. The minimum absolute atomic E-state index is 0.0798. The van der Waals surface area contributed by atoms with Gasteiger partial charge in [-0.05, 0) is 48.3 Å². The fraction of sp³-hybridized carbons (Fsp3) is 0.517. The van der Waals surface area contributed by atoms with E-state index in [2.05, 4.69) is 18.8 Å². The molecule has 0 radical (unpaired) electrons. The molecule has 2 heterocycles. The van der Waals surface area contributed by atoms with Crippen LogP contribution < -0.4 is 5.32 Å². The van der Waals surface area contributed by atoms with E-state index in [0.29, 0.717) is 24.8 Å². The van der Waals surface area contributed by atoms with Crippen molar-refractivity contribution in [3.63, 3.8) is 0 Å². The first kappa shape index (κ1) is 26.3. The van der Waals surface area contributed by atoms with Gasteiger partial charge in [-0.3, -0.25) is 4.79 Å². The van der Waals surface area contributed by atoms with E-state index in [1.807, 2.05) is 43.3 Å². The van der Waals surface area contributed by atoms with E-state index in [4.69, 9.17) is 4.74 Å². The number of hydrogen-bond acceptors (Lipinski definition) is 6. The molecule has 0 unspecified atom stereocenters. The Labute approximate surface area is 212 Å². The third-order valence-electron chi connectivity index (χ3n) is 8.12. The minimum Gasteiger partial charge on any atom is -0.445 e. The summed E-state index contributed by atoms with van der Waals surface area (Å²) in [4.78, 5) is 26.8. The maximum atomic E-state index is 13.8. The van der Waals surface area contributed by atoms with Crippen molar-refractivity contribution in [2.24, 2.45) is 23.7 Å². The van der Waals surface area contributed by atoms with Crippen molar-refractivity contribution in [1.82, 2.24) is 5.32 Å². The molecule has 7 atom stereocenters. The lowest BCUT2D eigenvalue weighted by Crippen LogP contribution is -2.61. The lowest BCUT2D eigenvalue weighted by molar-refractivity contribution is -0.182. The Morgan fingerprint density at radius 2 is 1.89 bits per heavy atom. The Balaban J connectivity index is 1.79. The molecule has 0 bridgehead atoms. The van der Waals surface area contributed by atoms with Crippen molar-refractivity contribution in [3.8, 4) is 0 Å². The summed E-state index contributed by atoms with van der Waals surface area (Å²) in [7, 11) is 0. The highest BCUT2D eigenvalue weighted by molar-refractivity contribution is 5.94. The molecule has 2 aliphatic heterocycles. The number of ether oxygens (including phenoxy) is 1. The van der Waals surface area contributed by atoms with E-state index in [1.165, 1.54) is 0 Å². The summed E-state index contributed by atoms with van der Waals surface area (Å²) in [6.45, 7) is 8.13. The van der Waals surface area contributed by atoms with E-state index in [-0.39, 0.29) is 24.3 Å². The van der Waals surface area contributed by atoms with Crippen molar-refractivity contribution in [3.05, 3.63) is 72.4 Å². The van der Waals surface area contributed by atoms with E-state index in [1.54, 1.807) is 6.08 Å². The van der Waals surface area contributed by atoms with Crippen LogP contribution >= 0.6 is 0 Å². The number of allylic oxidation sites excluding steroid dienone is 1. The largest absolute Gasteiger partial charge is 0.445 e. The Kier molecular flexibility index (Phi) is 7.55. The maximum absolute atomic E-state index is 13.8. The van der Waals surface area contributed by atoms with Gasteiger partial charge in [0.1, 0.15) is 0 Å². The fourth-order valence-corrected chi connectivity index (χ4v) is 6.13. The van der Waals surface area contributed by atoms with Gasteiger partial charge in [0, 0.05) is 24.5 Å². The average molecular weight is 496 g/mol. The summed E-state index contributed by atoms with van der Waals surface area (Å²) in [6, 6.07) is 9.41. The monoisotopic (exact) mass is 495 g/mol. The number of benzene rings is 1. The van der Waals surface area contributed by atoms with Crippen molar-refractivity contribution in [1.29, 1.82) is 0 Å². The Hall–Kier alpha value is -2.74. The van der Waals surface area contributed by atoms with Gasteiger partial charge in [-0.15, -0.1) is 0 Å². The fourth-order valence-electron chi connectivity index (χ4n) is 6.13. The van der Waals surface area contributed by atoms with Crippen LogP contribution in [0.5, 0.6) is 0 Å². The molecule has 1 aromatic rings. The maximum Gasteiger partial charge on any atom is 0.331 e. The Morgan fingerprint density at radius 3 is 2.61 bits per heavy atom. The summed E-state index contributed by atoms with van der Waals surface area (Å²) in [5, 5.41) is 35.0. The summed E-state index contributed by atoms with van der Waals surface area (Å²) in [5.41, 5.74) is -0.0364. The molecule has 4 rings (SSSR count). The molecule has 194 valence electrons. The predicted molar refractivity (Wildman–Crippen MR) is 135 cm³/mol. The second-order valence-electron chi connectivity index (χ2n) is 10.7. The third kappa shape index (κ3) is 5.05. The van der Waals surface area contributed by atoms with Crippen LogP contribution in [0, 0.1) is 23.7 Å². The summed E-state index contributed by atoms with van der Waals surface area (Å²) in [5.74, 6) is -4.84. The molecule has 3 aliphatic rings. The molecular weight excluding hydrogens is 458 g/mol. The first-order valence-electron chi connectivity index (χ1n) is 12.8. The van der Waals surface area contributed by atoms with Crippen molar-refractivity contribution >= 4 is 11.9 Å². The van der Waals surface area contributed by atoms with Gasteiger partial charge in [0.15, 0.2) is 5.79 Å². The van der Waals surface area contributed by atoms with Gasteiger partial charge in [0.05, 0.1) is 12.0 Å². The highest BCUT2D eigenvalue weighted by Gasteiger charge is 2.67. The zero-order valence-corrected chi connectivity index (χ0v) is 21.0. The first-order chi connectivity index (χ1) is 17.0. The molecule has 1 saturated carbocycles. The summed E-state index contributed by atoms with van der Waals surface area (Å²) < 4.78 is 5.99. The summed E-state index contributed by atoms with van der Waals surface area (Å²) >= 11 is 0. The van der Waals surface area contributed by atoms with Gasteiger partial charge < -0.3 is 25.4 Å². The number of aliphatic hydroxyl groups excluding tert-OH is 1. The minimum atomic E-state index is -2.16. The van der Waals surface area contributed by atoms with Crippen molar-refractivity contribution in [2.45, 2.75) is 69.5 Å². The molecular formula is C29H37NO6. The number of esters is 1. The van der Waals surface area contributed by atoms with Gasteiger partial charge in [-0.25, -0.2) is 4.79 Å². The van der Waals surface area contributed by atoms with E-state index in [9.17, 15) is 24.9 Å². The van der Waals surface area contributed by atoms with Crippen molar-refractivity contribution < 1.29 is 29.6 Å². The van der Waals surface area contributed by atoms with Crippen LogP contribution in [0.1, 0.15) is 45.1 Å². The molecule has 1 aromatic carbocycles. The topological polar surface area (TPSA) is 116 Å². The quantitative estimate of drug-likeness (QED) is 0.285. The van der Waals surface area contributed by atoms with Gasteiger partial charge in [-0.1, -0.05) is 69.3 Å². The molecule has 36 heavy (non-hydrogen) atoms. The van der Waals surface area contributed by atoms with E-state index in [0.717, 1.165) is 24.1 Å². The molecule has 1 aliphatic carbocycles. The van der Waals surface area contributed by atoms with Crippen LogP contribution in [-0.2, 0) is 20.7 Å². The number of nitrogens with one attached hydrogen (secondary N) is 1. The SMILES string of the molecule is C=C1[C@@H](C)[C@H]2[C@H](Cc3ccccc3)NC(=O)[C@]23OC(=O)/C=C/C(O)(O)CCC[C@@H](C)C/C=C/[C@H]3[C@@H]1O. The van der Waals surface area contributed by atoms with Gasteiger partial charge in [0.25, 0.3) is 5.91 Å². The normalized spacial score (nSPS) is 38.6. The Morgan fingerprint density at radius 1 is 1.17 bits per heavy atom. The van der Waals surface area contributed by atoms with Gasteiger partial charge in [-0.2, -0.15) is 0 Å². The lowest BCUT2D eigenvalue weighted by atomic mass is 9.59. The molecule has 7 heteroatoms. The van der Waals surface area contributed by atoms with E-state index >= 15 is 0 Å². The number of rotatable bonds is 2. The molecule has 2 fully saturated rings. The molecule has 7 nitrogen and oxygen atoms in total. The second-order valence-corrected chi connectivity index (χ2v) is 10.7. The zero-order valence-electron chi connectivity index (χ0n) is 21.0. The number of carbonyl (C=O) groups is 2. The van der Waals surface area contributed by atoms with Crippen LogP contribution in [0.4, 0.5) is 0 Å². The molecule has 0 aromatic heterocycles. The van der Waals surface area contributed by atoms with Crippen LogP contribution in [0.3, 0.4) is 0 Å². The number of carbonyl (C=O) groups excluding carboxylic acids is 2. The third-order valence-corrected chi connectivity index (χ3v) is 8.12. The van der Waals surface area contributed by atoms with Crippen LogP contribution in [-0.4, -0.2) is 50.7 Å². The van der Waals surface area contributed by atoms with Crippen molar-refractivity contribution in [2.75, 3.05) is 0 Å². The molecule has 4 N–H and O–H groups in total. The predicted octanol–water partition coefficient (Wildman–Crippen LogP) is 2.81. The highest BCUT2D eigenvalue weighted by Crippen LogP contribution is 2.52. The smallest absolute Gasteiger partial charge is 0.331 e. The standard InChI is InChI=1S/C29H37NO6/c1-18-9-7-13-22-26(32)20(3)19(2)25-23(17-21-11-5-4-6-12-21)30-27(33)29(22,25)36-24(31)14-16-28(34,35)15-8-10-18/h4-7,11-14,16,18-19,22-23,25-26,32,34-35H,3,8-10,15,17H2,1-2H3,(H,30,33)/b13-7+,16-14+/t18-,19+,22-,23-,25-,26+,29+/m0/s1. The van der Waals surface area contributed by atoms with Crippen LogP contribution in [0.25, 0.3) is 0 Å². The average Bonchev–Trinajstić information content (AvgIpc) is 3.10. The number of aliphatic hydroxyl groups is 3. The first-order valence-corrected chi connectivity index (χ1v) is 12.8. The zero-order chi connectivity index (χ0) is 26.1. The molecule has 1 amide bonds. The second kappa shape index (κ2) is 10.3. The number of amides is 1. The highest BCUT2D eigenvalue weighted by atomic mass is 16.6. The van der Waals surface area contributed by atoms with Crippen LogP contribution in [0.2, 0.25) is 0 Å².